The number of fused-ring (bicyclic) bond motifs is 1. The number of aromatic nitrogens is 2. The molecule has 3 atom stereocenters. The number of aliphatic carboxylic acids is 1. The third-order valence-corrected chi connectivity index (χ3v) is 4.91. The molecule has 128 valence electrons. The van der Waals surface area contributed by atoms with E-state index in [0.717, 1.165) is 30.3 Å². The molecule has 0 aromatic carbocycles. The van der Waals surface area contributed by atoms with Crippen molar-refractivity contribution in [1.29, 1.82) is 0 Å². The van der Waals surface area contributed by atoms with Gasteiger partial charge in [0, 0.05) is 18.7 Å². The highest BCUT2D eigenvalue weighted by molar-refractivity contribution is 5.78. The zero-order valence-electron chi connectivity index (χ0n) is 13.7. The fraction of sp³-hybridized carbons (Fsp3) is 0.500. The van der Waals surface area contributed by atoms with Crippen LogP contribution in [0.2, 0.25) is 0 Å². The van der Waals surface area contributed by atoms with E-state index in [9.17, 15) is 15.0 Å². The third-order valence-electron chi connectivity index (χ3n) is 4.91. The minimum atomic E-state index is -0.807. The summed E-state index contributed by atoms with van der Waals surface area (Å²) < 4.78 is 5.17. The number of nitrogens with zero attached hydrogens (tertiary/aromatic N) is 2. The fourth-order valence-corrected chi connectivity index (χ4v) is 3.64. The minimum Gasteiger partial charge on any atom is -0.481 e. The van der Waals surface area contributed by atoms with E-state index in [1.165, 1.54) is 0 Å². The molecule has 2 N–H and O–H groups in total. The van der Waals surface area contributed by atoms with Crippen LogP contribution in [0.3, 0.4) is 0 Å². The number of hydrogen-bond acceptors (Lipinski definition) is 5. The summed E-state index contributed by atoms with van der Waals surface area (Å²) in [5.41, 5.74) is 2.29. The first-order valence-electron chi connectivity index (χ1n) is 8.29. The maximum Gasteiger partial charge on any atom is 0.306 e. The molecule has 3 unspecified atom stereocenters. The van der Waals surface area contributed by atoms with Crippen LogP contribution in [0.15, 0.2) is 24.4 Å². The molecule has 0 bridgehead atoms. The highest BCUT2D eigenvalue weighted by atomic mass is 16.5. The summed E-state index contributed by atoms with van der Waals surface area (Å²) in [6, 6.07) is 5.41. The molecule has 1 aliphatic carbocycles. The highest BCUT2D eigenvalue weighted by Crippen LogP contribution is 2.34. The molecule has 0 radical (unpaired) electrons. The van der Waals surface area contributed by atoms with Gasteiger partial charge in [-0.3, -0.25) is 9.78 Å². The Kier molecular flexibility index (Phi) is 4.94. The number of ether oxygens (including phenoxy) is 1. The molecule has 1 saturated carbocycles. The van der Waals surface area contributed by atoms with Gasteiger partial charge in [0.25, 0.3) is 0 Å². The van der Waals surface area contributed by atoms with Crippen LogP contribution in [0.1, 0.15) is 31.2 Å². The van der Waals surface area contributed by atoms with Gasteiger partial charge < -0.3 is 14.9 Å². The Morgan fingerprint density at radius 3 is 2.88 bits per heavy atom. The van der Waals surface area contributed by atoms with E-state index in [1.54, 1.807) is 19.4 Å². The Balaban J connectivity index is 1.87. The summed E-state index contributed by atoms with van der Waals surface area (Å²) in [6.07, 6.45) is 4.62. The molecule has 2 aromatic rings. The number of carbonyl (C=O) groups is 1. The van der Waals surface area contributed by atoms with Crippen LogP contribution in [0, 0.1) is 11.8 Å². The molecule has 24 heavy (non-hydrogen) atoms. The normalized spacial score (nSPS) is 22.2. The first kappa shape index (κ1) is 16.6. The van der Waals surface area contributed by atoms with E-state index >= 15 is 0 Å². The number of aliphatic hydroxyl groups excluding tert-OH is 1. The predicted molar refractivity (Wildman–Crippen MR) is 88.9 cm³/mol. The van der Waals surface area contributed by atoms with Crippen LogP contribution in [0.25, 0.3) is 11.0 Å². The number of methoxy groups -OCH3 is 1. The second kappa shape index (κ2) is 7.13. The van der Waals surface area contributed by atoms with Gasteiger partial charge in [-0.25, -0.2) is 4.98 Å². The molecule has 1 aliphatic rings. The van der Waals surface area contributed by atoms with Crippen molar-refractivity contribution in [3.63, 3.8) is 0 Å². The Hall–Kier alpha value is -2.21. The Morgan fingerprint density at radius 1 is 1.33 bits per heavy atom. The molecule has 6 nitrogen and oxygen atoms in total. The number of pyridine rings is 2. The highest BCUT2D eigenvalue weighted by Gasteiger charge is 2.35. The van der Waals surface area contributed by atoms with Crippen molar-refractivity contribution in [3.05, 3.63) is 30.0 Å². The Bertz CT molecular complexity index is 734. The lowest BCUT2D eigenvalue weighted by Gasteiger charge is -2.32. The van der Waals surface area contributed by atoms with Gasteiger partial charge in [-0.1, -0.05) is 12.8 Å². The molecule has 0 saturated heterocycles. The minimum absolute atomic E-state index is 0.218. The average molecular weight is 330 g/mol. The molecule has 2 aromatic heterocycles. The van der Waals surface area contributed by atoms with Gasteiger partial charge in [-0.15, -0.1) is 0 Å². The molecule has 2 heterocycles. The first-order valence-corrected chi connectivity index (χ1v) is 8.29. The number of carboxylic acids is 1. The molecule has 0 aliphatic heterocycles. The third kappa shape index (κ3) is 3.33. The van der Waals surface area contributed by atoms with E-state index < -0.39 is 18.0 Å². The monoisotopic (exact) mass is 330 g/mol. The number of hydrogen-bond donors (Lipinski definition) is 2. The van der Waals surface area contributed by atoms with E-state index in [4.69, 9.17) is 4.74 Å². The summed E-state index contributed by atoms with van der Waals surface area (Å²) in [4.78, 5) is 20.2. The van der Waals surface area contributed by atoms with Gasteiger partial charge >= 0.3 is 5.97 Å². The Labute approximate surface area is 140 Å². The van der Waals surface area contributed by atoms with Crippen molar-refractivity contribution < 1.29 is 19.7 Å². The van der Waals surface area contributed by atoms with Gasteiger partial charge in [0.15, 0.2) is 0 Å². The van der Waals surface area contributed by atoms with Crippen molar-refractivity contribution >= 4 is 17.0 Å². The zero-order valence-corrected chi connectivity index (χ0v) is 13.7. The van der Waals surface area contributed by atoms with Gasteiger partial charge in [-0.05, 0) is 36.5 Å². The van der Waals surface area contributed by atoms with Crippen LogP contribution in [0.4, 0.5) is 0 Å². The molecular formula is C18H22N2O4. The lowest BCUT2D eigenvalue weighted by atomic mass is 9.75. The SMILES string of the molecule is COc1ccc2nccc(CC(O)C3CCCCC3C(=O)O)c2n1. The van der Waals surface area contributed by atoms with Gasteiger partial charge in [0.05, 0.1) is 30.2 Å². The average Bonchev–Trinajstić information content (AvgIpc) is 2.61. The van der Waals surface area contributed by atoms with Crippen molar-refractivity contribution in [1.82, 2.24) is 9.97 Å². The van der Waals surface area contributed by atoms with E-state index in [2.05, 4.69) is 9.97 Å². The van der Waals surface area contributed by atoms with Crippen LogP contribution in [-0.4, -0.2) is 39.4 Å². The van der Waals surface area contributed by atoms with Crippen LogP contribution >= 0.6 is 0 Å². The van der Waals surface area contributed by atoms with Crippen molar-refractivity contribution in [3.8, 4) is 5.88 Å². The van der Waals surface area contributed by atoms with Crippen LogP contribution in [0.5, 0.6) is 5.88 Å². The number of aliphatic hydroxyl groups is 1. The first-order chi connectivity index (χ1) is 11.6. The summed E-state index contributed by atoms with van der Waals surface area (Å²) in [5.74, 6) is -1.00. The summed E-state index contributed by atoms with van der Waals surface area (Å²) in [7, 11) is 1.55. The van der Waals surface area contributed by atoms with Crippen molar-refractivity contribution in [2.24, 2.45) is 11.8 Å². The quantitative estimate of drug-likeness (QED) is 0.875. The lowest BCUT2D eigenvalue weighted by molar-refractivity contribution is -0.147. The zero-order chi connectivity index (χ0) is 17.1. The second-order valence-electron chi connectivity index (χ2n) is 6.36. The predicted octanol–water partition coefficient (Wildman–Crippen LogP) is 2.43. The van der Waals surface area contributed by atoms with Crippen molar-refractivity contribution in [2.75, 3.05) is 7.11 Å². The fourth-order valence-electron chi connectivity index (χ4n) is 3.64. The summed E-state index contributed by atoms with van der Waals surface area (Å²) in [5, 5.41) is 20.1. The molecular weight excluding hydrogens is 308 g/mol. The Morgan fingerprint density at radius 2 is 2.12 bits per heavy atom. The van der Waals surface area contributed by atoms with Gasteiger partial charge in [0.1, 0.15) is 0 Å². The maximum absolute atomic E-state index is 11.5. The standard InChI is InChI=1S/C18H22N2O4/c1-24-16-7-6-14-17(20-16)11(8-9-19-14)10-15(21)12-4-2-3-5-13(12)18(22)23/h6-9,12-13,15,21H,2-5,10H2,1H3,(H,22,23). The van der Waals surface area contributed by atoms with Gasteiger partial charge in [-0.2, -0.15) is 0 Å². The number of carboxylic acid groups (broad SMARTS) is 1. The number of rotatable bonds is 5. The molecule has 0 amide bonds. The van der Waals surface area contributed by atoms with E-state index in [0.29, 0.717) is 24.2 Å². The maximum atomic E-state index is 11.5. The smallest absolute Gasteiger partial charge is 0.306 e. The molecule has 3 rings (SSSR count). The molecule has 0 spiro atoms. The van der Waals surface area contributed by atoms with Crippen molar-refractivity contribution in [2.45, 2.75) is 38.2 Å². The second-order valence-corrected chi connectivity index (χ2v) is 6.36. The van der Waals surface area contributed by atoms with E-state index in [1.807, 2.05) is 12.1 Å². The molecule has 1 fully saturated rings. The lowest BCUT2D eigenvalue weighted by Crippen LogP contribution is -2.36. The van der Waals surface area contributed by atoms with Gasteiger partial charge in [0.2, 0.25) is 5.88 Å². The summed E-state index contributed by atoms with van der Waals surface area (Å²) in [6.45, 7) is 0. The largest absolute Gasteiger partial charge is 0.481 e. The van der Waals surface area contributed by atoms with Crippen LogP contribution < -0.4 is 4.74 Å². The van der Waals surface area contributed by atoms with Crippen LogP contribution in [-0.2, 0) is 11.2 Å². The topological polar surface area (TPSA) is 92.5 Å². The molecule has 6 heteroatoms. The summed E-state index contributed by atoms with van der Waals surface area (Å²) >= 11 is 0. The van der Waals surface area contributed by atoms with E-state index in [-0.39, 0.29) is 5.92 Å².